The summed E-state index contributed by atoms with van der Waals surface area (Å²) in [6, 6.07) is 8.43. The summed E-state index contributed by atoms with van der Waals surface area (Å²) < 4.78 is 27.3. The van der Waals surface area contributed by atoms with E-state index in [1.54, 1.807) is 18.2 Å². The molecule has 3 heterocycles. The zero-order valence-corrected chi connectivity index (χ0v) is 16.1. The normalized spacial score (nSPS) is 15.2. The van der Waals surface area contributed by atoms with Crippen LogP contribution < -0.4 is 18.9 Å². The van der Waals surface area contributed by atoms with Gasteiger partial charge in [-0.05, 0) is 36.1 Å². The predicted octanol–water partition coefficient (Wildman–Crippen LogP) is 3.90. The number of esters is 1. The molecule has 0 amide bonds. The van der Waals surface area contributed by atoms with Gasteiger partial charge < -0.3 is 23.7 Å². The lowest BCUT2D eigenvalue weighted by Gasteiger charge is -2.26. The zero-order valence-electron chi connectivity index (χ0n) is 15.3. The summed E-state index contributed by atoms with van der Waals surface area (Å²) in [5.41, 5.74) is 1.16. The van der Waals surface area contributed by atoms with Crippen LogP contribution in [0.3, 0.4) is 0 Å². The summed E-state index contributed by atoms with van der Waals surface area (Å²) in [4.78, 5) is 21.7. The van der Waals surface area contributed by atoms with Crippen molar-refractivity contribution in [1.82, 2.24) is 9.97 Å². The molecule has 1 aromatic carbocycles. The highest BCUT2D eigenvalue weighted by Gasteiger charge is 2.33. The maximum absolute atomic E-state index is 12.7. The minimum absolute atomic E-state index is 0.0337. The first-order chi connectivity index (χ1) is 13.6. The first-order valence-corrected chi connectivity index (χ1v) is 9.16. The Labute approximate surface area is 164 Å². The maximum atomic E-state index is 12.7. The van der Waals surface area contributed by atoms with E-state index in [2.05, 4.69) is 9.97 Å². The lowest BCUT2D eigenvalue weighted by molar-refractivity contribution is -0.0610. The molecule has 28 heavy (non-hydrogen) atoms. The SMILES string of the molecule is COc1cc(OC)nc(Oc2cccc3c2C(=O)OC(c2sccc2C)O3)n1. The number of hydrogen-bond donors (Lipinski definition) is 0. The molecule has 1 atom stereocenters. The average Bonchev–Trinajstić information content (AvgIpc) is 3.13. The van der Waals surface area contributed by atoms with E-state index in [0.29, 0.717) is 5.75 Å². The average molecular weight is 400 g/mol. The highest BCUT2D eigenvalue weighted by molar-refractivity contribution is 7.10. The second-order valence-corrected chi connectivity index (χ2v) is 6.74. The Morgan fingerprint density at radius 1 is 1.07 bits per heavy atom. The Bertz CT molecular complexity index is 1010. The number of carbonyl (C=O) groups is 1. The van der Waals surface area contributed by atoms with Crippen LogP contribution in [0.5, 0.6) is 29.3 Å². The van der Waals surface area contributed by atoms with Crippen LogP contribution in [-0.2, 0) is 4.74 Å². The summed E-state index contributed by atoms with van der Waals surface area (Å²) >= 11 is 1.47. The van der Waals surface area contributed by atoms with Gasteiger partial charge >= 0.3 is 12.0 Å². The summed E-state index contributed by atoms with van der Waals surface area (Å²) in [5, 5.41) is 1.92. The van der Waals surface area contributed by atoms with Crippen molar-refractivity contribution in [2.45, 2.75) is 13.2 Å². The first-order valence-electron chi connectivity index (χ1n) is 8.28. The molecular weight excluding hydrogens is 384 g/mol. The van der Waals surface area contributed by atoms with Gasteiger partial charge in [-0.25, -0.2) is 4.79 Å². The van der Waals surface area contributed by atoms with Crippen molar-refractivity contribution in [2.75, 3.05) is 14.2 Å². The summed E-state index contributed by atoms with van der Waals surface area (Å²) in [5.74, 6) is 0.544. The molecule has 8 nitrogen and oxygen atoms in total. The highest BCUT2D eigenvalue weighted by Crippen LogP contribution is 2.41. The van der Waals surface area contributed by atoms with Gasteiger partial charge in [-0.1, -0.05) is 6.07 Å². The number of nitrogens with zero attached hydrogens (tertiary/aromatic N) is 2. The molecule has 1 aliphatic rings. The van der Waals surface area contributed by atoms with Gasteiger partial charge in [0.15, 0.2) is 0 Å². The molecule has 0 N–H and O–H groups in total. The number of carbonyl (C=O) groups excluding carboxylic acids is 1. The standard InChI is InChI=1S/C19H16N2O6S/c1-10-7-8-28-16(10)18-25-11-5-4-6-12(15(11)17(22)27-18)26-19-20-13(23-2)9-14(21-19)24-3/h4-9,18H,1-3H3. The largest absolute Gasteiger partial charge is 0.481 e. The number of fused-ring (bicyclic) bond motifs is 1. The monoisotopic (exact) mass is 400 g/mol. The molecule has 9 heteroatoms. The van der Waals surface area contributed by atoms with E-state index in [1.807, 2.05) is 18.4 Å². The summed E-state index contributed by atoms with van der Waals surface area (Å²) in [6.07, 6.45) is -0.789. The molecule has 1 unspecified atom stereocenters. The number of methoxy groups -OCH3 is 2. The van der Waals surface area contributed by atoms with Crippen LogP contribution in [0.15, 0.2) is 35.7 Å². The molecule has 1 aliphatic heterocycles. The van der Waals surface area contributed by atoms with Crippen LogP contribution in [0, 0.1) is 6.92 Å². The molecule has 0 saturated heterocycles. The Hall–Kier alpha value is -3.33. The number of thiophene rings is 1. The van der Waals surface area contributed by atoms with E-state index < -0.39 is 12.3 Å². The van der Waals surface area contributed by atoms with Gasteiger partial charge in [-0.2, -0.15) is 9.97 Å². The zero-order chi connectivity index (χ0) is 19.7. The van der Waals surface area contributed by atoms with E-state index in [9.17, 15) is 4.79 Å². The van der Waals surface area contributed by atoms with Crippen LogP contribution in [0.1, 0.15) is 27.1 Å². The topological polar surface area (TPSA) is 89.0 Å². The quantitative estimate of drug-likeness (QED) is 0.596. The first kappa shape index (κ1) is 18.1. The lowest BCUT2D eigenvalue weighted by atomic mass is 10.1. The van der Waals surface area contributed by atoms with Crippen molar-refractivity contribution in [3.8, 4) is 29.3 Å². The van der Waals surface area contributed by atoms with Gasteiger partial charge in [-0.3, -0.25) is 0 Å². The van der Waals surface area contributed by atoms with Gasteiger partial charge in [0.1, 0.15) is 17.1 Å². The molecule has 0 bridgehead atoms. The number of rotatable bonds is 5. The molecule has 144 valence electrons. The minimum atomic E-state index is -0.789. The third-order valence-electron chi connectivity index (χ3n) is 4.03. The third kappa shape index (κ3) is 3.31. The van der Waals surface area contributed by atoms with E-state index in [4.69, 9.17) is 23.7 Å². The lowest BCUT2D eigenvalue weighted by Crippen LogP contribution is -2.23. The number of ether oxygens (including phenoxy) is 5. The Morgan fingerprint density at radius 3 is 2.46 bits per heavy atom. The molecule has 0 spiro atoms. The fraction of sp³-hybridized carbons (Fsp3) is 0.211. The molecule has 4 rings (SSSR count). The predicted molar refractivity (Wildman–Crippen MR) is 99.5 cm³/mol. The number of hydrogen-bond acceptors (Lipinski definition) is 9. The van der Waals surface area contributed by atoms with E-state index in [-0.39, 0.29) is 29.1 Å². The van der Waals surface area contributed by atoms with Gasteiger partial charge in [0.25, 0.3) is 6.29 Å². The van der Waals surface area contributed by atoms with Crippen molar-refractivity contribution >= 4 is 17.3 Å². The smallest absolute Gasteiger partial charge is 0.349 e. The van der Waals surface area contributed by atoms with Crippen LogP contribution in [0.4, 0.5) is 0 Å². The van der Waals surface area contributed by atoms with Crippen LogP contribution >= 0.6 is 11.3 Å². The molecule has 0 radical (unpaired) electrons. The molecular formula is C19H16N2O6S. The molecule has 3 aromatic rings. The van der Waals surface area contributed by atoms with Gasteiger partial charge in [0, 0.05) is 0 Å². The van der Waals surface area contributed by atoms with Gasteiger partial charge in [0.05, 0.1) is 25.2 Å². The highest BCUT2D eigenvalue weighted by atomic mass is 32.1. The van der Waals surface area contributed by atoms with Crippen molar-refractivity contribution < 1.29 is 28.5 Å². The Balaban J connectivity index is 1.67. The molecule has 0 aliphatic carbocycles. The van der Waals surface area contributed by atoms with Gasteiger partial charge in [0.2, 0.25) is 11.8 Å². The second kappa shape index (κ2) is 7.35. The Morgan fingerprint density at radius 2 is 1.82 bits per heavy atom. The van der Waals surface area contributed by atoms with Gasteiger partial charge in [-0.15, -0.1) is 11.3 Å². The number of aromatic nitrogens is 2. The number of cyclic esters (lactones) is 1. The van der Waals surface area contributed by atoms with Crippen LogP contribution in [0.2, 0.25) is 0 Å². The van der Waals surface area contributed by atoms with Crippen molar-refractivity contribution in [3.05, 3.63) is 51.7 Å². The molecule has 2 aromatic heterocycles. The van der Waals surface area contributed by atoms with Crippen LogP contribution in [0.25, 0.3) is 0 Å². The van der Waals surface area contributed by atoms with Crippen molar-refractivity contribution in [1.29, 1.82) is 0 Å². The Kier molecular flexibility index (Phi) is 4.74. The van der Waals surface area contributed by atoms with Crippen LogP contribution in [-0.4, -0.2) is 30.2 Å². The molecule has 0 saturated carbocycles. The van der Waals surface area contributed by atoms with E-state index in [1.165, 1.54) is 31.6 Å². The van der Waals surface area contributed by atoms with E-state index in [0.717, 1.165) is 10.4 Å². The summed E-state index contributed by atoms with van der Waals surface area (Å²) in [7, 11) is 2.93. The maximum Gasteiger partial charge on any atom is 0.349 e. The van der Waals surface area contributed by atoms with Crippen molar-refractivity contribution in [3.63, 3.8) is 0 Å². The minimum Gasteiger partial charge on any atom is -0.481 e. The number of aryl methyl sites for hydroxylation is 1. The summed E-state index contributed by atoms with van der Waals surface area (Å²) in [6.45, 7) is 1.94. The fourth-order valence-corrected chi connectivity index (χ4v) is 3.54. The fourth-order valence-electron chi connectivity index (χ4n) is 2.66. The van der Waals surface area contributed by atoms with E-state index >= 15 is 0 Å². The number of benzene rings is 1. The second-order valence-electron chi connectivity index (χ2n) is 5.79. The molecule has 0 fully saturated rings. The third-order valence-corrected chi connectivity index (χ3v) is 5.07. The van der Waals surface area contributed by atoms with Crippen molar-refractivity contribution in [2.24, 2.45) is 0 Å².